The van der Waals surface area contributed by atoms with Crippen LogP contribution >= 0.6 is 43.2 Å². The maximum Gasteiger partial charge on any atom is 0.259 e. The van der Waals surface area contributed by atoms with Crippen LogP contribution in [0.4, 0.5) is 5.88 Å². The van der Waals surface area contributed by atoms with Crippen molar-refractivity contribution in [1.29, 1.82) is 0 Å². The second-order valence-corrected chi connectivity index (χ2v) is 7.97. The first kappa shape index (κ1) is 16.2. The molecule has 0 fully saturated rings. The summed E-state index contributed by atoms with van der Waals surface area (Å²) < 4.78 is 6.88. The van der Waals surface area contributed by atoms with Crippen LogP contribution in [0.25, 0.3) is 10.6 Å². The van der Waals surface area contributed by atoms with E-state index in [0.717, 1.165) is 18.7 Å². The Morgan fingerprint density at radius 2 is 2.04 bits per heavy atom. The Morgan fingerprint density at radius 1 is 1.26 bits per heavy atom. The monoisotopic (exact) mass is 455 g/mol. The van der Waals surface area contributed by atoms with Gasteiger partial charge in [-0.25, -0.2) is 0 Å². The molecule has 8 heteroatoms. The van der Waals surface area contributed by atoms with Gasteiger partial charge in [-0.3, -0.25) is 4.79 Å². The van der Waals surface area contributed by atoms with Crippen molar-refractivity contribution in [3.05, 3.63) is 55.8 Å². The molecule has 0 unspecified atom stereocenters. The van der Waals surface area contributed by atoms with E-state index in [1.807, 2.05) is 36.4 Å². The fourth-order valence-electron chi connectivity index (χ4n) is 2.04. The summed E-state index contributed by atoms with van der Waals surface area (Å²) >= 11 is 8.30. The van der Waals surface area contributed by atoms with Crippen LogP contribution in [-0.2, 0) is 6.54 Å². The summed E-state index contributed by atoms with van der Waals surface area (Å²) in [7, 11) is 0. The van der Waals surface area contributed by atoms with Crippen LogP contribution in [0.5, 0.6) is 0 Å². The molecule has 23 heavy (non-hydrogen) atoms. The maximum absolute atomic E-state index is 12.5. The zero-order valence-corrected chi connectivity index (χ0v) is 15.7. The molecule has 0 bridgehead atoms. The molecule has 3 N–H and O–H groups in total. The minimum absolute atomic E-state index is 0.00847. The van der Waals surface area contributed by atoms with Crippen LogP contribution in [0, 0.1) is 0 Å². The van der Waals surface area contributed by atoms with E-state index < -0.39 is 0 Å². The highest BCUT2D eigenvalue weighted by Crippen LogP contribution is 2.34. The lowest BCUT2D eigenvalue weighted by Crippen LogP contribution is -2.24. The molecule has 0 saturated carbocycles. The smallest absolute Gasteiger partial charge is 0.259 e. The van der Waals surface area contributed by atoms with Crippen LogP contribution in [-0.4, -0.2) is 11.1 Å². The second kappa shape index (κ2) is 6.86. The predicted octanol–water partition coefficient (Wildman–Crippen LogP) is 4.44. The normalized spacial score (nSPS) is 10.7. The van der Waals surface area contributed by atoms with E-state index in [0.29, 0.717) is 12.2 Å². The van der Waals surface area contributed by atoms with Gasteiger partial charge in [0.2, 0.25) is 5.88 Å². The third-order valence-electron chi connectivity index (χ3n) is 3.15. The van der Waals surface area contributed by atoms with Crippen LogP contribution in [0.3, 0.4) is 0 Å². The number of carbonyl (C=O) groups is 1. The molecule has 0 atom stereocenters. The van der Waals surface area contributed by atoms with Gasteiger partial charge in [-0.2, -0.15) is 0 Å². The molecule has 3 aromatic rings. The van der Waals surface area contributed by atoms with E-state index >= 15 is 0 Å². The van der Waals surface area contributed by atoms with Gasteiger partial charge in [-0.05, 0) is 39.7 Å². The van der Waals surface area contributed by atoms with Gasteiger partial charge in [0.05, 0.1) is 8.66 Å². The largest absolute Gasteiger partial charge is 0.367 e. The van der Waals surface area contributed by atoms with E-state index in [-0.39, 0.29) is 17.4 Å². The predicted molar refractivity (Wildman–Crippen MR) is 97.2 cm³/mol. The average molecular weight is 457 g/mol. The lowest BCUT2D eigenvalue weighted by atomic mass is 10.1. The van der Waals surface area contributed by atoms with Crippen molar-refractivity contribution >= 4 is 55.0 Å². The van der Waals surface area contributed by atoms with Gasteiger partial charge in [0.1, 0.15) is 11.3 Å². The second-order valence-electron chi connectivity index (χ2n) is 4.65. The van der Waals surface area contributed by atoms with E-state index in [1.54, 1.807) is 0 Å². The Kier molecular flexibility index (Phi) is 4.84. The van der Waals surface area contributed by atoms with Gasteiger partial charge >= 0.3 is 0 Å². The fraction of sp³-hybridized carbons (Fsp3) is 0.0667. The summed E-state index contributed by atoms with van der Waals surface area (Å²) in [5.41, 5.74) is 7.45. The molecule has 0 saturated heterocycles. The van der Waals surface area contributed by atoms with Crippen LogP contribution in [0.2, 0.25) is 0 Å². The number of halogens is 2. The molecule has 3 rings (SSSR count). The molecule has 5 nitrogen and oxygen atoms in total. The third kappa shape index (κ3) is 3.49. The van der Waals surface area contributed by atoms with Gasteiger partial charge in [0, 0.05) is 11.0 Å². The average Bonchev–Trinajstić information content (AvgIpc) is 3.12. The van der Waals surface area contributed by atoms with Crippen molar-refractivity contribution in [1.82, 2.24) is 10.5 Å². The molecule has 0 aliphatic carbocycles. The lowest BCUT2D eigenvalue weighted by molar-refractivity contribution is 0.0952. The van der Waals surface area contributed by atoms with Crippen LogP contribution < -0.4 is 11.1 Å². The number of benzene rings is 1. The van der Waals surface area contributed by atoms with E-state index in [2.05, 4.69) is 42.3 Å². The minimum atomic E-state index is -0.320. The Bertz CT molecular complexity index is 860. The number of nitrogen functional groups attached to an aromatic ring is 1. The SMILES string of the molecule is Nc1onc(-c2ccc(Br)s2)c1C(=O)NCc1ccccc1Br. The molecule has 0 radical (unpaired) electrons. The van der Waals surface area contributed by atoms with Gasteiger partial charge in [0.15, 0.2) is 0 Å². The summed E-state index contributed by atoms with van der Waals surface area (Å²) in [6.45, 7) is 0.373. The van der Waals surface area contributed by atoms with Crippen molar-refractivity contribution in [2.75, 3.05) is 5.73 Å². The van der Waals surface area contributed by atoms with Gasteiger partial charge in [-0.1, -0.05) is 39.3 Å². The Morgan fingerprint density at radius 3 is 2.74 bits per heavy atom. The summed E-state index contributed by atoms with van der Waals surface area (Å²) in [6.07, 6.45) is 0. The van der Waals surface area contributed by atoms with Gasteiger partial charge < -0.3 is 15.6 Å². The standard InChI is InChI=1S/C15H11Br2N3O2S/c16-9-4-2-1-3-8(9)7-19-15(21)12-13(20-22-14(12)18)10-5-6-11(17)23-10/h1-6H,7,18H2,(H,19,21). The molecule has 0 spiro atoms. The highest BCUT2D eigenvalue weighted by Gasteiger charge is 2.23. The Hall–Kier alpha value is -1.64. The number of nitrogens with zero attached hydrogens (tertiary/aromatic N) is 1. The molecular weight excluding hydrogens is 446 g/mol. The third-order valence-corrected chi connectivity index (χ3v) is 5.55. The number of nitrogens with one attached hydrogen (secondary N) is 1. The molecule has 2 heterocycles. The van der Waals surface area contributed by atoms with Gasteiger partial charge in [-0.15, -0.1) is 11.3 Å². The Labute approximate surface area is 153 Å². The van der Waals surface area contributed by atoms with E-state index in [1.165, 1.54) is 11.3 Å². The van der Waals surface area contributed by atoms with E-state index in [4.69, 9.17) is 10.3 Å². The number of hydrogen-bond donors (Lipinski definition) is 2. The van der Waals surface area contributed by atoms with Crippen molar-refractivity contribution in [3.63, 3.8) is 0 Å². The zero-order chi connectivity index (χ0) is 16.4. The first-order valence-corrected chi connectivity index (χ1v) is 8.99. The number of amides is 1. The fourth-order valence-corrected chi connectivity index (χ4v) is 3.84. The van der Waals surface area contributed by atoms with E-state index in [9.17, 15) is 4.79 Å². The van der Waals surface area contributed by atoms with Crippen LogP contribution in [0.15, 0.2) is 49.2 Å². The molecule has 1 aromatic carbocycles. The van der Waals surface area contributed by atoms with Crippen molar-refractivity contribution in [2.24, 2.45) is 0 Å². The number of aromatic nitrogens is 1. The molecule has 1 amide bonds. The molecule has 0 aliphatic rings. The number of hydrogen-bond acceptors (Lipinski definition) is 5. The topological polar surface area (TPSA) is 81.2 Å². The minimum Gasteiger partial charge on any atom is -0.367 e. The first-order valence-electron chi connectivity index (χ1n) is 6.58. The molecule has 2 aromatic heterocycles. The molecular formula is C15H11Br2N3O2S. The number of nitrogens with two attached hydrogens (primary N) is 1. The van der Waals surface area contributed by atoms with Gasteiger partial charge in [0.25, 0.3) is 5.91 Å². The quantitative estimate of drug-likeness (QED) is 0.607. The van der Waals surface area contributed by atoms with Crippen molar-refractivity contribution < 1.29 is 9.32 Å². The number of thiophene rings is 1. The molecule has 118 valence electrons. The first-order chi connectivity index (χ1) is 11.1. The Balaban J connectivity index is 1.83. The van der Waals surface area contributed by atoms with Crippen LogP contribution in [0.1, 0.15) is 15.9 Å². The maximum atomic E-state index is 12.5. The zero-order valence-electron chi connectivity index (χ0n) is 11.7. The summed E-state index contributed by atoms with van der Waals surface area (Å²) in [5.74, 6) is -0.312. The number of rotatable bonds is 4. The van der Waals surface area contributed by atoms with Crippen molar-refractivity contribution in [2.45, 2.75) is 6.54 Å². The number of anilines is 1. The highest BCUT2D eigenvalue weighted by atomic mass is 79.9. The lowest BCUT2D eigenvalue weighted by Gasteiger charge is -2.07. The van der Waals surface area contributed by atoms with Crippen molar-refractivity contribution in [3.8, 4) is 10.6 Å². The highest BCUT2D eigenvalue weighted by molar-refractivity contribution is 9.11. The summed E-state index contributed by atoms with van der Waals surface area (Å²) in [5, 5.41) is 6.76. The molecule has 0 aliphatic heterocycles. The summed E-state index contributed by atoms with van der Waals surface area (Å²) in [6, 6.07) is 11.4. The summed E-state index contributed by atoms with van der Waals surface area (Å²) in [4.78, 5) is 13.3. The number of carbonyl (C=O) groups excluding carboxylic acids is 1.